The predicted molar refractivity (Wildman–Crippen MR) is 123 cm³/mol. The van der Waals surface area contributed by atoms with Crippen molar-refractivity contribution < 1.29 is 14.2 Å². The van der Waals surface area contributed by atoms with Crippen molar-refractivity contribution in [1.82, 2.24) is 4.98 Å². The zero-order valence-corrected chi connectivity index (χ0v) is 17.8. The minimum Gasteiger partial charge on any atom is -0.493 e. The highest BCUT2D eigenvalue weighted by atomic mass is 16.5. The lowest BCUT2D eigenvalue weighted by atomic mass is 9.76. The summed E-state index contributed by atoms with van der Waals surface area (Å²) in [5.41, 5.74) is 12.0. The molecule has 0 spiro atoms. The van der Waals surface area contributed by atoms with Gasteiger partial charge in [-0.2, -0.15) is 0 Å². The number of nitrogens with two attached hydrogens (primary N) is 1. The van der Waals surface area contributed by atoms with E-state index in [0.717, 1.165) is 34.0 Å². The molecule has 5 nitrogen and oxygen atoms in total. The van der Waals surface area contributed by atoms with E-state index < -0.39 is 0 Å². The number of fused-ring (bicyclic) bond motifs is 5. The highest BCUT2D eigenvalue weighted by Crippen LogP contribution is 2.48. The largest absolute Gasteiger partial charge is 0.493 e. The number of nitrogens with zero attached hydrogens (tertiary/aromatic N) is 1. The summed E-state index contributed by atoms with van der Waals surface area (Å²) in [7, 11) is 4.90. The van der Waals surface area contributed by atoms with E-state index in [0.29, 0.717) is 23.1 Å². The van der Waals surface area contributed by atoms with Crippen molar-refractivity contribution >= 4 is 16.6 Å². The maximum atomic E-state index is 6.38. The van der Waals surface area contributed by atoms with E-state index in [1.807, 2.05) is 24.3 Å². The van der Waals surface area contributed by atoms with Gasteiger partial charge in [0.1, 0.15) is 5.82 Å². The Morgan fingerprint density at radius 3 is 2.16 bits per heavy atom. The Kier molecular flexibility index (Phi) is 4.66. The number of ether oxygens (including phenoxy) is 3. The molecule has 2 N–H and O–H groups in total. The Balaban J connectivity index is 1.83. The van der Waals surface area contributed by atoms with Crippen molar-refractivity contribution in [1.29, 1.82) is 0 Å². The molecule has 1 aliphatic rings. The van der Waals surface area contributed by atoms with Crippen LogP contribution in [0.15, 0.2) is 60.7 Å². The summed E-state index contributed by atoms with van der Waals surface area (Å²) in [4.78, 5) is 4.87. The normalized spacial score (nSPS) is 14.6. The lowest BCUT2D eigenvalue weighted by molar-refractivity contribution is 0.323. The van der Waals surface area contributed by atoms with Gasteiger partial charge in [0.25, 0.3) is 0 Å². The second kappa shape index (κ2) is 7.51. The quantitative estimate of drug-likeness (QED) is 0.499. The highest BCUT2D eigenvalue weighted by molar-refractivity contribution is 5.98. The summed E-state index contributed by atoms with van der Waals surface area (Å²) < 4.78 is 16.8. The van der Waals surface area contributed by atoms with Gasteiger partial charge in [0.15, 0.2) is 11.5 Å². The molecule has 1 aromatic heterocycles. The van der Waals surface area contributed by atoms with E-state index in [2.05, 4.69) is 36.4 Å². The van der Waals surface area contributed by atoms with E-state index in [4.69, 9.17) is 24.9 Å². The van der Waals surface area contributed by atoms with Crippen molar-refractivity contribution in [3.63, 3.8) is 0 Å². The molecule has 5 heteroatoms. The molecular formula is C26H24N2O3. The molecule has 5 rings (SSSR count). The van der Waals surface area contributed by atoms with Crippen LogP contribution < -0.4 is 19.9 Å². The molecule has 31 heavy (non-hydrogen) atoms. The van der Waals surface area contributed by atoms with Crippen LogP contribution in [-0.2, 0) is 6.42 Å². The van der Waals surface area contributed by atoms with E-state index in [-0.39, 0.29) is 5.92 Å². The summed E-state index contributed by atoms with van der Waals surface area (Å²) >= 11 is 0. The fourth-order valence-corrected chi connectivity index (χ4v) is 4.71. The maximum Gasteiger partial charge on any atom is 0.203 e. The van der Waals surface area contributed by atoms with Crippen LogP contribution in [0.3, 0.4) is 0 Å². The lowest BCUT2D eigenvalue weighted by Crippen LogP contribution is -2.16. The van der Waals surface area contributed by atoms with Crippen LogP contribution in [0.25, 0.3) is 22.0 Å². The monoisotopic (exact) mass is 412 g/mol. The number of benzene rings is 3. The molecule has 1 atom stereocenters. The third kappa shape index (κ3) is 2.96. The molecule has 156 valence electrons. The number of aromatic nitrogens is 1. The van der Waals surface area contributed by atoms with Crippen LogP contribution in [-0.4, -0.2) is 26.3 Å². The van der Waals surface area contributed by atoms with Crippen LogP contribution in [0.5, 0.6) is 17.2 Å². The Bertz CT molecular complexity index is 1270. The number of methoxy groups -OCH3 is 3. The van der Waals surface area contributed by atoms with Crippen molar-refractivity contribution in [2.45, 2.75) is 12.3 Å². The van der Waals surface area contributed by atoms with Crippen molar-refractivity contribution in [2.24, 2.45) is 0 Å². The van der Waals surface area contributed by atoms with E-state index >= 15 is 0 Å². The minimum atomic E-state index is 0.0663. The minimum absolute atomic E-state index is 0.0663. The maximum absolute atomic E-state index is 6.38. The van der Waals surface area contributed by atoms with Gasteiger partial charge in [-0.1, -0.05) is 48.5 Å². The molecule has 0 radical (unpaired) electrons. The number of rotatable bonds is 4. The summed E-state index contributed by atoms with van der Waals surface area (Å²) in [6.45, 7) is 0. The summed E-state index contributed by atoms with van der Waals surface area (Å²) in [6, 6.07) is 20.7. The van der Waals surface area contributed by atoms with Gasteiger partial charge in [0.2, 0.25) is 5.75 Å². The van der Waals surface area contributed by atoms with Crippen LogP contribution in [0, 0.1) is 0 Å². The van der Waals surface area contributed by atoms with Gasteiger partial charge in [-0.15, -0.1) is 0 Å². The van der Waals surface area contributed by atoms with Crippen LogP contribution in [0.4, 0.5) is 5.82 Å². The zero-order valence-electron chi connectivity index (χ0n) is 17.8. The molecule has 4 aromatic rings. The van der Waals surface area contributed by atoms with Gasteiger partial charge >= 0.3 is 0 Å². The molecule has 1 heterocycles. The number of hydrogen-bond acceptors (Lipinski definition) is 5. The summed E-state index contributed by atoms with van der Waals surface area (Å²) in [5, 5.41) is 2.09. The molecule has 0 bridgehead atoms. The van der Waals surface area contributed by atoms with Crippen LogP contribution in [0.2, 0.25) is 0 Å². The Hall–Kier alpha value is -3.73. The molecule has 0 saturated carbocycles. The molecule has 0 fully saturated rings. The third-order valence-electron chi connectivity index (χ3n) is 6.11. The van der Waals surface area contributed by atoms with Crippen LogP contribution >= 0.6 is 0 Å². The van der Waals surface area contributed by atoms with Crippen molar-refractivity contribution in [2.75, 3.05) is 27.1 Å². The van der Waals surface area contributed by atoms with E-state index in [1.54, 1.807) is 21.3 Å². The first-order chi connectivity index (χ1) is 15.2. The van der Waals surface area contributed by atoms with Crippen molar-refractivity contribution in [3.05, 3.63) is 77.4 Å². The number of hydrogen-bond donors (Lipinski definition) is 1. The number of nitrogen functional groups attached to an aromatic ring is 1. The molecule has 0 saturated heterocycles. The smallest absolute Gasteiger partial charge is 0.203 e. The summed E-state index contributed by atoms with van der Waals surface area (Å²) in [5.74, 6) is 2.49. The lowest BCUT2D eigenvalue weighted by Gasteiger charge is -2.30. The molecule has 1 aliphatic carbocycles. The zero-order chi connectivity index (χ0) is 21.5. The molecular weight excluding hydrogens is 388 g/mol. The van der Waals surface area contributed by atoms with Gasteiger partial charge in [0, 0.05) is 16.9 Å². The SMILES string of the molecule is COc1cc([C@H]2Cc3ccccc3-c3nc(N)c4ccccc4c32)cc(OC)c1OC. The molecule has 0 amide bonds. The predicted octanol–water partition coefficient (Wildman–Crippen LogP) is 5.20. The first-order valence-electron chi connectivity index (χ1n) is 10.2. The van der Waals surface area contributed by atoms with Gasteiger partial charge in [-0.3, -0.25) is 0 Å². The average molecular weight is 412 g/mol. The van der Waals surface area contributed by atoms with Gasteiger partial charge in [0.05, 0.1) is 27.0 Å². The van der Waals surface area contributed by atoms with Crippen molar-refractivity contribution in [3.8, 4) is 28.5 Å². The van der Waals surface area contributed by atoms with E-state index in [1.165, 1.54) is 11.1 Å². The van der Waals surface area contributed by atoms with Crippen LogP contribution in [0.1, 0.15) is 22.6 Å². The number of anilines is 1. The second-order valence-electron chi connectivity index (χ2n) is 7.68. The number of pyridine rings is 1. The molecule has 0 aliphatic heterocycles. The average Bonchev–Trinajstić information content (AvgIpc) is 2.82. The fraction of sp³-hybridized carbons (Fsp3) is 0.192. The second-order valence-corrected chi connectivity index (χ2v) is 7.68. The fourth-order valence-electron chi connectivity index (χ4n) is 4.71. The highest BCUT2D eigenvalue weighted by Gasteiger charge is 2.31. The third-order valence-corrected chi connectivity index (χ3v) is 6.11. The Morgan fingerprint density at radius 1 is 0.839 bits per heavy atom. The first-order valence-corrected chi connectivity index (χ1v) is 10.2. The Morgan fingerprint density at radius 2 is 1.48 bits per heavy atom. The van der Waals surface area contributed by atoms with Gasteiger partial charge < -0.3 is 19.9 Å². The molecule has 0 unspecified atom stereocenters. The van der Waals surface area contributed by atoms with Gasteiger partial charge in [-0.25, -0.2) is 4.98 Å². The topological polar surface area (TPSA) is 66.6 Å². The molecule has 3 aromatic carbocycles. The standard InChI is InChI=1S/C26H24N2O3/c1-29-21-13-16(14-22(30-2)25(21)31-3)20-12-15-8-4-5-9-17(15)24-23(20)18-10-6-7-11-19(18)26(27)28-24/h4-11,13-14,20H,12H2,1-3H3,(H2,27,28)/t20-/m1/s1. The first kappa shape index (κ1) is 19.2. The summed E-state index contributed by atoms with van der Waals surface area (Å²) in [6.07, 6.45) is 0.845. The van der Waals surface area contributed by atoms with E-state index in [9.17, 15) is 0 Å². The Labute approximate surface area is 181 Å². The van der Waals surface area contributed by atoms with Gasteiger partial charge in [-0.05, 0) is 40.6 Å².